The molecule has 0 saturated carbocycles. The van der Waals surface area contributed by atoms with Crippen LogP contribution in [0.1, 0.15) is 41.0 Å². The first-order valence-electron chi connectivity index (χ1n) is 8.16. The van der Waals surface area contributed by atoms with Gasteiger partial charge in [0.05, 0.1) is 0 Å². The minimum absolute atomic E-state index is 0.723. The Balaban J connectivity index is 2.12. The van der Waals surface area contributed by atoms with Gasteiger partial charge in [0.25, 0.3) is 0 Å². The molecule has 1 atom stereocenters. The molecular formula is C16H35N3. The second kappa shape index (κ2) is 8.93. The second-order valence-electron chi connectivity index (χ2n) is 6.97. The highest BCUT2D eigenvalue weighted by Crippen LogP contribution is 2.10. The molecular weight excluding hydrogens is 234 g/mol. The normalized spacial score (nSPS) is 20.4. The number of nitrogens with one attached hydrogen (secondary N) is 1. The molecule has 0 aromatic heterocycles. The quantitative estimate of drug-likeness (QED) is 0.682. The molecule has 0 bridgehead atoms. The number of nitrogens with zero attached hydrogens (tertiary/aromatic N) is 2. The van der Waals surface area contributed by atoms with E-state index in [4.69, 9.17) is 0 Å². The topological polar surface area (TPSA) is 18.5 Å². The van der Waals surface area contributed by atoms with Crippen LogP contribution >= 0.6 is 0 Å². The van der Waals surface area contributed by atoms with Gasteiger partial charge in [0.15, 0.2) is 0 Å². The van der Waals surface area contributed by atoms with E-state index in [9.17, 15) is 0 Å². The van der Waals surface area contributed by atoms with Gasteiger partial charge in [-0.2, -0.15) is 0 Å². The Morgan fingerprint density at radius 1 is 0.895 bits per heavy atom. The molecule has 1 saturated heterocycles. The average Bonchev–Trinajstić information content (AvgIpc) is 2.34. The van der Waals surface area contributed by atoms with Crippen molar-refractivity contribution in [3.05, 3.63) is 0 Å². The van der Waals surface area contributed by atoms with Gasteiger partial charge in [0, 0.05) is 38.8 Å². The van der Waals surface area contributed by atoms with Crippen LogP contribution in [0.25, 0.3) is 0 Å². The molecule has 1 N–H and O–H groups in total. The smallest absolute Gasteiger partial charge is 0.0113 e. The van der Waals surface area contributed by atoms with E-state index in [1.54, 1.807) is 0 Å². The van der Waals surface area contributed by atoms with Crippen molar-refractivity contribution in [2.75, 3.05) is 45.8 Å². The van der Waals surface area contributed by atoms with Gasteiger partial charge in [-0.05, 0) is 38.3 Å². The minimum atomic E-state index is 0.723. The fraction of sp³-hybridized carbons (Fsp3) is 1.00. The Morgan fingerprint density at radius 3 is 2.05 bits per heavy atom. The molecule has 1 fully saturated rings. The van der Waals surface area contributed by atoms with Gasteiger partial charge in [-0.1, -0.05) is 27.7 Å². The lowest BCUT2D eigenvalue weighted by Gasteiger charge is -2.38. The lowest BCUT2D eigenvalue weighted by Crippen LogP contribution is -2.50. The van der Waals surface area contributed by atoms with E-state index in [1.807, 2.05) is 0 Å². The highest BCUT2D eigenvalue weighted by molar-refractivity contribution is 4.77. The van der Waals surface area contributed by atoms with Gasteiger partial charge in [0.1, 0.15) is 0 Å². The Hall–Kier alpha value is -0.120. The number of piperazine rings is 1. The first-order valence-corrected chi connectivity index (χ1v) is 8.16. The van der Waals surface area contributed by atoms with E-state index < -0.39 is 0 Å². The summed E-state index contributed by atoms with van der Waals surface area (Å²) in [6.45, 7) is 20.1. The van der Waals surface area contributed by atoms with Gasteiger partial charge in [-0.15, -0.1) is 0 Å². The lowest BCUT2D eigenvalue weighted by atomic mass is 10.1. The maximum atomic E-state index is 3.55. The summed E-state index contributed by atoms with van der Waals surface area (Å²) in [5.74, 6) is 1.55. The van der Waals surface area contributed by atoms with E-state index in [2.05, 4.69) is 49.7 Å². The van der Waals surface area contributed by atoms with Crippen LogP contribution in [0.3, 0.4) is 0 Å². The second-order valence-corrected chi connectivity index (χ2v) is 6.97. The summed E-state index contributed by atoms with van der Waals surface area (Å²) in [7, 11) is 0. The lowest BCUT2D eigenvalue weighted by molar-refractivity contribution is 0.0916. The molecule has 1 aliphatic heterocycles. The van der Waals surface area contributed by atoms with Gasteiger partial charge in [0.2, 0.25) is 0 Å². The largest absolute Gasteiger partial charge is 0.316 e. The monoisotopic (exact) mass is 269 g/mol. The van der Waals surface area contributed by atoms with Crippen LogP contribution in [0.15, 0.2) is 0 Å². The van der Waals surface area contributed by atoms with Crippen molar-refractivity contribution in [1.82, 2.24) is 15.1 Å². The molecule has 0 aliphatic carbocycles. The summed E-state index contributed by atoms with van der Waals surface area (Å²) < 4.78 is 0. The fourth-order valence-electron chi connectivity index (χ4n) is 2.79. The summed E-state index contributed by atoms with van der Waals surface area (Å²) in [6.07, 6.45) is 1.27. The molecule has 3 heteroatoms. The van der Waals surface area contributed by atoms with Crippen LogP contribution < -0.4 is 5.32 Å². The van der Waals surface area contributed by atoms with Crippen molar-refractivity contribution >= 4 is 0 Å². The molecule has 0 aromatic carbocycles. The first-order chi connectivity index (χ1) is 8.99. The van der Waals surface area contributed by atoms with Crippen LogP contribution in [0.4, 0.5) is 0 Å². The van der Waals surface area contributed by atoms with Crippen molar-refractivity contribution in [3.8, 4) is 0 Å². The zero-order valence-corrected chi connectivity index (χ0v) is 13.8. The van der Waals surface area contributed by atoms with E-state index in [0.29, 0.717) is 0 Å². The number of hydrogen-bond donors (Lipinski definition) is 1. The molecule has 0 aromatic rings. The van der Waals surface area contributed by atoms with E-state index in [1.165, 1.54) is 39.1 Å². The molecule has 19 heavy (non-hydrogen) atoms. The van der Waals surface area contributed by atoms with Gasteiger partial charge >= 0.3 is 0 Å². The highest BCUT2D eigenvalue weighted by Gasteiger charge is 2.20. The van der Waals surface area contributed by atoms with Crippen molar-refractivity contribution in [2.45, 2.75) is 47.1 Å². The van der Waals surface area contributed by atoms with E-state index in [0.717, 1.165) is 31.0 Å². The zero-order chi connectivity index (χ0) is 14.3. The Labute approximate surface area is 120 Å². The average molecular weight is 269 g/mol. The maximum absolute atomic E-state index is 3.55. The molecule has 1 unspecified atom stereocenters. The third-order valence-electron chi connectivity index (χ3n) is 3.95. The number of hydrogen-bond acceptors (Lipinski definition) is 3. The fourth-order valence-corrected chi connectivity index (χ4v) is 2.79. The first kappa shape index (κ1) is 16.9. The maximum Gasteiger partial charge on any atom is 0.0113 e. The summed E-state index contributed by atoms with van der Waals surface area (Å²) in [6, 6.07) is 0.723. The molecule has 0 amide bonds. The van der Waals surface area contributed by atoms with Crippen LogP contribution in [0, 0.1) is 11.8 Å². The minimum Gasteiger partial charge on any atom is -0.316 e. The van der Waals surface area contributed by atoms with Crippen molar-refractivity contribution in [2.24, 2.45) is 11.8 Å². The van der Waals surface area contributed by atoms with E-state index >= 15 is 0 Å². The van der Waals surface area contributed by atoms with Crippen molar-refractivity contribution in [3.63, 3.8) is 0 Å². The van der Waals surface area contributed by atoms with Crippen molar-refractivity contribution in [1.29, 1.82) is 0 Å². The predicted molar refractivity (Wildman–Crippen MR) is 84.6 cm³/mol. The third kappa shape index (κ3) is 7.28. The summed E-state index contributed by atoms with van der Waals surface area (Å²) in [4.78, 5) is 5.28. The van der Waals surface area contributed by atoms with Gasteiger partial charge in [-0.3, -0.25) is 4.90 Å². The zero-order valence-electron chi connectivity index (χ0n) is 13.8. The van der Waals surface area contributed by atoms with Crippen LogP contribution in [0.2, 0.25) is 0 Å². The van der Waals surface area contributed by atoms with Gasteiger partial charge in [-0.25, -0.2) is 0 Å². The van der Waals surface area contributed by atoms with Crippen LogP contribution in [0.5, 0.6) is 0 Å². The SMILES string of the molecule is CC(C)CNCCC(C)N1CCN(CC(C)C)CC1. The molecule has 1 aliphatic rings. The summed E-state index contributed by atoms with van der Waals surface area (Å²) in [5.41, 5.74) is 0. The van der Waals surface area contributed by atoms with Crippen LogP contribution in [-0.4, -0.2) is 61.7 Å². The number of rotatable bonds is 8. The molecule has 3 nitrogen and oxygen atoms in total. The summed E-state index contributed by atoms with van der Waals surface area (Å²) >= 11 is 0. The van der Waals surface area contributed by atoms with Crippen molar-refractivity contribution < 1.29 is 0 Å². The standard InChI is InChI=1S/C16H35N3/c1-14(2)12-17-7-6-16(5)19-10-8-18(9-11-19)13-15(3)4/h14-17H,6-13H2,1-5H3. The molecule has 0 radical (unpaired) electrons. The molecule has 1 rings (SSSR count). The summed E-state index contributed by atoms with van der Waals surface area (Å²) in [5, 5.41) is 3.55. The predicted octanol–water partition coefficient (Wildman–Crippen LogP) is 2.28. The Kier molecular flexibility index (Phi) is 7.96. The third-order valence-corrected chi connectivity index (χ3v) is 3.95. The molecule has 0 spiro atoms. The Bertz CT molecular complexity index is 220. The molecule has 1 heterocycles. The highest BCUT2D eigenvalue weighted by atomic mass is 15.3. The van der Waals surface area contributed by atoms with Gasteiger partial charge < -0.3 is 10.2 Å². The molecule has 114 valence electrons. The Morgan fingerprint density at radius 2 is 1.53 bits per heavy atom. The van der Waals surface area contributed by atoms with E-state index in [-0.39, 0.29) is 0 Å². The van der Waals surface area contributed by atoms with Crippen LogP contribution in [-0.2, 0) is 0 Å².